The van der Waals surface area contributed by atoms with E-state index in [4.69, 9.17) is 9.47 Å². The van der Waals surface area contributed by atoms with Gasteiger partial charge in [0.2, 0.25) is 0 Å². The van der Waals surface area contributed by atoms with Gasteiger partial charge in [0.1, 0.15) is 30.1 Å². The highest BCUT2D eigenvalue weighted by Gasteiger charge is 2.07. The van der Waals surface area contributed by atoms with Crippen molar-refractivity contribution in [3.05, 3.63) is 66.2 Å². The number of ether oxygens (including phenoxy) is 2. The van der Waals surface area contributed by atoms with E-state index in [-0.39, 0.29) is 0 Å². The standard InChI is InChI=1S/C22H26O3/c1-3-5-6-7-8-19-11-14-21(16-22(19)24-15-4-2)25-20-12-9-18(17-23)10-13-20/h4,9-14,16-17H,2-3,5-8,15H2,1H3. The molecule has 0 heterocycles. The van der Waals surface area contributed by atoms with Crippen LogP contribution in [0.25, 0.3) is 0 Å². The fraction of sp³-hybridized carbons (Fsp3) is 0.318. The summed E-state index contributed by atoms with van der Waals surface area (Å²) in [6.45, 7) is 6.40. The summed E-state index contributed by atoms with van der Waals surface area (Å²) in [4.78, 5) is 10.7. The van der Waals surface area contributed by atoms with Crippen molar-refractivity contribution >= 4 is 6.29 Å². The average molecular weight is 338 g/mol. The number of carbonyl (C=O) groups excluding carboxylic acids is 1. The molecule has 2 rings (SSSR count). The van der Waals surface area contributed by atoms with Gasteiger partial charge in [-0.15, -0.1) is 0 Å². The Kier molecular flexibility index (Phi) is 7.77. The van der Waals surface area contributed by atoms with Crippen LogP contribution in [0, 0.1) is 0 Å². The van der Waals surface area contributed by atoms with Gasteiger partial charge < -0.3 is 9.47 Å². The maximum atomic E-state index is 10.7. The molecule has 0 aliphatic carbocycles. The van der Waals surface area contributed by atoms with Crippen molar-refractivity contribution in [1.29, 1.82) is 0 Å². The van der Waals surface area contributed by atoms with E-state index in [1.165, 1.54) is 24.8 Å². The summed E-state index contributed by atoms with van der Waals surface area (Å²) in [6.07, 6.45) is 8.45. The summed E-state index contributed by atoms with van der Waals surface area (Å²) in [5, 5.41) is 0. The number of hydrogen-bond acceptors (Lipinski definition) is 3. The van der Waals surface area contributed by atoms with Crippen molar-refractivity contribution in [3.8, 4) is 17.2 Å². The minimum Gasteiger partial charge on any atom is -0.489 e. The summed E-state index contributed by atoms with van der Waals surface area (Å²) >= 11 is 0. The van der Waals surface area contributed by atoms with Gasteiger partial charge in [-0.2, -0.15) is 0 Å². The largest absolute Gasteiger partial charge is 0.489 e. The molecule has 2 aromatic rings. The lowest BCUT2D eigenvalue weighted by Gasteiger charge is -2.13. The van der Waals surface area contributed by atoms with Gasteiger partial charge in [-0.05, 0) is 48.7 Å². The predicted molar refractivity (Wildman–Crippen MR) is 102 cm³/mol. The van der Waals surface area contributed by atoms with Crippen LogP contribution in [0.3, 0.4) is 0 Å². The molecule has 0 saturated heterocycles. The molecule has 0 spiro atoms. The van der Waals surface area contributed by atoms with Crippen LogP contribution in [0.15, 0.2) is 55.1 Å². The lowest BCUT2D eigenvalue weighted by Crippen LogP contribution is -1.99. The summed E-state index contributed by atoms with van der Waals surface area (Å²) in [7, 11) is 0. The highest BCUT2D eigenvalue weighted by Crippen LogP contribution is 2.30. The van der Waals surface area contributed by atoms with Gasteiger partial charge in [-0.3, -0.25) is 4.79 Å². The Labute approximate surface area is 150 Å². The summed E-state index contributed by atoms with van der Waals surface area (Å²) in [6, 6.07) is 13.0. The molecule has 2 aromatic carbocycles. The van der Waals surface area contributed by atoms with Gasteiger partial charge in [0.15, 0.2) is 0 Å². The Morgan fingerprint density at radius 3 is 2.44 bits per heavy atom. The molecule has 0 saturated carbocycles. The molecule has 0 radical (unpaired) electrons. The highest BCUT2D eigenvalue weighted by molar-refractivity contribution is 5.74. The molecule has 0 atom stereocenters. The second kappa shape index (κ2) is 10.3. The number of unbranched alkanes of at least 4 members (excludes halogenated alkanes) is 3. The second-order valence-corrected chi connectivity index (χ2v) is 5.97. The van der Waals surface area contributed by atoms with Crippen LogP contribution in [0.5, 0.6) is 17.2 Å². The molecule has 132 valence electrons. The van der Waals surface area contributed by atoms with Crippen molar-refractivity contribution in [2.24, 2.45) is 0 Å². The quantitative estimate of drug-likeness (QED) is 0.287. The lowest BCUT2D eigenvalue weighted by atomic mass is 10.1. The summed E-state index contributed by atoms with van der Waals surface area (Å²) < 4.78 is 11.7. The first-order chi connectivity index (χ1) is 12.3. The van der Waals surface area contributed by atoms with Gasteiger partial charge in [0.25, 0.3) is 0 Å². The molecule has 0 N–H and O–H groups in total. The van der Waals surface area contributed by atoms with Gasteiger partial charge in [-0.25, -0.2) is 0 Å². The maximum absolute atomic E-state index is 10.7. The fourth-order valence-electron chi connectivity index (χ4n) is 2.58. The van der Waals surface area contributed by atoms with Crippen molar-refractivity contribution in [3.63, 3.8) is 0 Å². The van der Waals surface area contributed by atoms with Gasteiger partial charge >= 0.3 is 0 Å². The molecule has 0 bridgehead atoms. The zero-order valence-corrected chi connectivity index (χ0v) is 14.9. The van der Waals surface area contributed by atoms with Crippen molar-refractivity contribution in [1.82, 2.24) is 0 Å². The third-order valence-corrected chi connectivity index (χ3v) is 3.95. The van der Waals surface area contributed by atoms with E-state index < -0.39 is 0 Å². The summed E-state index contributed by atoms with van der Waals surface area (Å²) in [5.41, 5.74) is 1.83. The SMILES string of the molecule is C=CCOc1cc(Oc2ccc(C=O)cc2)ccc1CCCCCC. The maximum Gasteiger partial charge on any atom is 0.150 e. The van der Waals surface area contributed by atoms with Crippen LogP contribution in [0.1, 0.15) is 48.5 Å². The predicted octanol–water partition coefficient (Wildman–Crippen LogP) is 5.98. The molecule has 0 unspecified atom stereocenters. The van der Waals surface area contributed by atoms with Crippen LogP contribution in [-0.2, 0) is 6.42 Å². The Morgan fingerprint density at radius 1 is 1.00 bits per heavy atom. The molecular formula is C22H26O3. The minimum absolute atomic E-state index is 0.472. The lowest BCUT2D eigenvalue weighted by molar-refractivity contribution is 0.112. The monoisotopic (exact) mass is 338 g/mol. The van der Waals surface area contributed by atoms with E-state index in [0.717, 1.165) is 30.6 Å². The van der Waals surface area contributed by atoms with Crippen molar-refractivity contribution in [2.75, 3.05) is 6.61 Å². The third-order valence-electron chi connectivity index (χ3n) is 3.95. The van der Waals surface area contributed by atoms with Crippen LogP contribution >= 0.6 is 0 Å². The number of hydrogen-bond donors (Lipinski definition) is 0. The Balaban J connectivity index is 2.09. The molecule has 25 heavy (non-hydrogen) atoms. The topological polar surface area (TPSA) is 35.5 Å². The highest BCUT2D eigenvalue weighted by atomic mass is 16.5. The first-order valence-electron chi connectivity index (χ1n) is 8.86. The third kappa shape index (κ3) is 6.11. The first-order valence-corrected chi connectivity index (χ1v) is 8.86. The molecule has 3 nitrogen and oxygen atoms in total. The zero-order valence-electron chi connectivity index (χ0n) is 14.9. The van der Waals surface area contributed by atoms with Crippen LogP contribution in [0.4, 0.5) is 0 Å². The molecular weight excluding hydrogens is 312 g/mol. The minimum atomic E-state index is 0.472. The number of aldehydes is 1. The first kappa shape index (κ1) is 18.8. The number of benzene rings is 2. The van der Waals surface area contributed by atoms with E-state index >= 15 is 0 Å². The number of rotatable bonds is 11. The Bertz CT molecular complexity index is 674. The molecule has 0 fully saturated rings. The van der Waals surface area contributed by atoms with Crippen LogP contribution in [-0.4, -0.2) is 12.9 Å². The van der Waals surface area contributed by atoms with Gasteiger partial charge in [0.05, 0.1) is 0 Å². The second-order valence-electron chi connectivity index (χ2n) is 5.97. The molecule has 0 aliphatic heterocycles. The van der Waals surface area contributed by atoms with E-state index in [1.807, 2.05) is 12.1 Å². The van der Waals surface area contributed by atoms with Gasteiger partial charge in [0, 0.05) is 11.6 Å². The Morgan fingerprint density at radius 2 is 1.76 bits per heavy atom. The summed E-state index contributed by atoms with van der Waals surface area (Å²) in [5.74, 6) is 2.25. The molecule has 0 aromatic heterocycles. The zero-order chi connectivity index (χ0) is 17.9. The van der Waals surface area contributed by atoms with Crippen molar-refractivity contribution in [2.45, 2.75) is 39.0 Å². The smallest absolute Gasteiger partial charge is 0.150 e. The molecule has 0 amide bonds. The fourth-order valence-corrected chi connectivity index (χ4v) is 2.58. The average Bonchev–Trinajstić information content (AvgIpc) is 2.65. The van der Waals surface area contributed by atoms with Crippen LogP contribution < -0.4 is 9.47 Å². The Hall–Kier alpha value is -2.55. The number of aryl methyl sites for hydroxylation is 1. The molecule has 3 heteroatoms. The molecule has 0 aliphatic rings. The van der Waals surface area contributed by atoms with E-state index in [9.17, 15) is 4.79 Å². The van der Waals surface area contributed by atoms with E-state index in [0.29, 0.717) is 17.9 Å². The van der Waals surface area contributed by atoms with E-state index in [2.05, 4.69) is 19.6 Å². The van der Waals surface area contributed by atoms with E-state index in [1.54, 1.807) is 30.3 Å². The van der Waals surface area contributed by atoms with Crippen molar-refractivity contribution < 1.29 is 14.3 Å². The normalized spacial score (nSPS) is 10.3. The van der Waals surface area contributed by atoms with Crippen LogP contribution in [0.2, 0.25) is 0 Å². The van der Waals surface area contributed by atoms with Gasteiger partial charge in [-0.1, -0.05) is 44.9 Å². The number of carbonyl (C=O) groups is 1.